The van der Waals surface area contributed by atoms with Crippen LogP contribution < -0.4 is 5.32 Å². The number of anilines is 1. The Morgan fingerprint density at radius 2 is 1.71 bits per heavy atom. The largest absolute Gasteiger partial charge is 0.454 e. The molecule has 1 saturated heterocycles. The van der Waals surface area contributed by atoms with Gasteiger partial charge in [-0.2, -0.15) is 4.31 Å². The number of carbonyl (C=O) groups is 2. The zero-order valence-corrected chi connectivity index (χ0v) is 17.3. The number of rotatable bonds is 8. The van der Waals surface area contributed by atoms with E-state index in [1.165, 1.54) is 28.6 Å². The number of nitrogens with one attached hydrogen (secondary N) is 1. The Labute approximate surface area is 166 Å². The van der Waals surface area contributed by atoms with Gasteiger partial charge in [0.15, 0.2) is 6.61 Å². The van der Waals surface area contributed by atoms with Gasteiger partial charge in [0.05, 0.1) is 4.90 Å². The highest BCUT2D eigenvalue weighted by Gasteiger charge is 2.31. The van der Waals surface area contributed by atoms with Gasteiger partial charge in [-0.25, -0.2) is 13.2 Å². The van der Waals surface area contributed by atoms with Gasteiger partial charge in [0, 0.05) is 25.4 Å². The van der Waals surface area contributed by atoms with Crippen LogP contribution in [-0.2, 0) is 29.1 Å². The first-order valence-corrected chi connectivity index (χ1v) is 10.8. The van der Waals surface area contributed by atoms with Crippen LogP contribution in [0, 0.1) is 11.8 Å². The van der Waals surface area contributed by atoms with Crippen molar-refractivity contribution < 1.29 is 27.5 Å². The van der Waals surface area contributed by atoms with E-state index in [9.17, 15) is 18.0 Å². The lowest BCUT2D eigenvalue weighted by molar-refractivity contribution is -0.151. The maximum absolute atomic E-state index is 12.8. The van der Waals surface area contributed by atoms with Gasteiger partial charge in [-0.3, -0.25) is 4.79 Å². The zero-order valence-electron chi connectivity index (χ0n) is 16.5. The van der Waals surface area contributed by atoms with Gasteiger partial charge in [0.25, 0.3) is 5.91 Å². The van der Waals surface area contributed by atoms with Gasteiger partial charge in [-0.15, -0.1) is 0 Å². The van der Waals surface area contributed by atoms with Crippen LogP contribution in [-0.4, -0.2) is 57.5 Å². The van der Waals surface area contributed by atoms with Gasteiger partial charge in [-0.05, 0) is 49.4 Å². The lowest BCUT2D eigenvalue weighted by Crippen LogP contribution is -2.42. The lowest BCUT2D eigenvalue weighted by Gasteiger charge is -2.34. The Morgan fingerprint density at radius 1 is 1.11 bits per heavy atom. The molecular weight excluding hydrogens is 384 g/mol. The molecule has 1 N–H and O–H groups in total. The Bertz CT molecular complexity index is 768. The molecule has 0 spiro atoms. The van der Waals surface area contributed by atoms with Gasteiger partial charge in [0.2, 0.25) is 10.0 Å². The van der Waals surface area contributed by atoms with Crippen molar-refractivity contribution in [2.24, 2.45) is 11.8 Å². The van der Waals surface area contributed by atoms with Gasteiger partial charge < -0.3 is 14.8 Å². The number of hydrogen-bond acceptors (Lipinski definition) is 6. The summed E-state index contributed by atoms with van der Waals surface area (Å²) in [6, 6.07) is 5.97. The van der Waals surface area contributed by atoms with Crippen molar-refractivity contribution in [3.63, 3.8) is 0 Å². The SMILES string of the molecule is CCOCC(=O)OCC(=O)Nc1ccc(S(=O)(=O)N2C[C@@H](C)C[C@H](C)C2)cc1. The van der Waals surface area contributed by atoms with Crippen LogP contribution in [0.3, 0.4) is 0 Å². The van der Waals surface area contributed by atoms with E-state index in [4.69, 9.17) is 9.47 Å². The molecule has 1 heterocycles. The standard InChI is InChI=1S/C19H28N2O6S/c1-4-26-13-19(23)27-12-18(22)20-16-5-7-17(8-6-16)28(24,25)21-10-14(2)9-15(3)11-21/h5-8,14-15H,4,9-13H2,1-3H3,(H,20,22)/t14-,15-/m0/s1. The molecule has 0 unspecified atom stereocenters. The average molecular weight is 413 g/mol. The van der Waals surface area contributed by atoms with E-state index in [1.54, 1.807) is 6.92 Å². The molecule has 8 nitrogen and oxygen atoms in total. The highest BCUT2D eigenvalue weighted by Crippen LogP contribution is 2.27. The molecule has 1 fully saturated rings. The molecule has 1 amide bonds. The molecule has 2 atom stereocenters. The van der Waals surface area contributed by atoms with Crippen molar-refractivity contribution >= 4 is 27.6 Å². The second kappa shape index (κ2) is 9.99. The summed E-state index contributed by atoms with van der Waals surface area (Å²) in [6.45, 7) is 6.62. The van der Waals surface area contributed by atoms with Crippen molar-refractivity contribution in [3.8, 4) is 0 Å². The van der Waals surface area contributed by atoms with Crippen molar-refractivity contribution in [1.82, 2.24) is 4.31 Å². The Morgan fingerprint density at radius 3 is 2.29 bits per heavy atom. The fourth-order valence-electron chi connectivity index (χ4n) is 3.23. The van der Waals surface area contributed by atoms with E-state index in [0.29, 0.717) is 37.2 Å². The van der Waals surface area contributed by atoms with Crippen LogP contribution in [0.5, 0.6) is 0 Å². The van der Waals surface area contributed by atoms with Crippen LogP contribution >= 0.6 is 0 Å². The van der Waals surface area contributed by atoms with Gasteiger partial charge in [0.1, 0.15) is 6.61 Å². The highest BCUT2D eigenvalue weighted by atomic mass is 32.2. The molecule has 2 rings (SSSR count). The lowest BCUT2D eigenvalue weighted by atomic mass is 9.94. The van der Waals surface area contributed by atoms with Crippen LogP contribution in [0.15, 0.2) is 29.2 Å². The molecule has 1 aliphatic rings. The third-order valence-corrected chi connectivity index (χ3v) is 6.25. The smallest absolute Gasteiger partial charge is 0.332 e. The van der Waals surface area contributed by atoms with Crippen molar-refractivity contribution in [2.75, 3.05) is 38.2 Å². The number of carbonyl (C=O) groups excluding carboxylic acids is 2. The Kier molecular flexibility index (Phi) is 7.97. The number of benzene rings is 1. The number of sulfonamides is 1. The maximum atomic E-state index is 12.8. The van der Waals surface area contributed by atoms with E-state index in [2.05, 4.69) is 19.2 Å². The average Bonchev–Trinajstić information content (AvgIpc) is 2.64. The second-order valence-electron chi connectivity index (χ2n) is 7.14. The molecule has 0 radical (unpaired) electrons. The molecule has 0 saturated carbocycles. The summed E-state index contributed by atoms with van der Waals surface area (Å²) in [7, 11) is -3.57. The Hall–Kier alpha value is -1.97. The first-order valence-electron chi connectivity index (χ1n) is 9.35. The second-order valence-corrected chi connectivity index (χ2v) is 9.08. The maximum Gasteiger partial charge on any atom is 0.332 e. The van der Waals surface area contributed by atoms with Crippen LogP contribution in [0.4, 0.5) is 5.69 Å². The summed E-state index contributed by atoms with van der Waals surface area (Å²) in [5.41, 5.74) is 0.421. The molecule has 9 heteroatoms. The predicted molar refractivity (Wildman–Crippen MR) is 104 cm³/mol. The number of nitrogens with zero attached hydrogens (tertiary/aromatic N) is 1. The molecule has 28 heavy (non-hydrogen) atoms. The van der Waals surface area contributed by atoms with E-state index < -0.39 is 28.5 Å². The fourth-order valence-corrected chi connectivity index (χ4v) is 4.91. The minimum atomic E-state index is -3.57. The summed E-state index contributed by atoms with van der Waals surface area (Å²) in [6.07, 6.45) is 1.02. The normalized spacial score (nSPS) is 20.5. The van der Waals surface area contributed by atoms with Crippen molar-refractivity contribution in [1.29, 1.82) is 0 Å². The number of piperidine rings is 1. The van der Waals surface area contributed by atoms with E-state index in [0.717, 1.165) is 6.42 Å². The summed E-state index contributed by atoms with van der Waals surface area (Å²) in [5.74, 6) is -0.493. The molecular formula is C19H28N2O6S. The molecule has 0 bridgehead atoms. The third kappa shape index (κ3) is 6.29. The third-order valence-electron chi connectivity index (χ3n) is 4.40. The fraction of sp³-hybridized carbons (Fsp3) is 0.579. The highest BCUT2D eigenvalue weighted by molar-refractivity contribution is 7.89. The van der Waals surface area contributed by atoms with Crippen molar-refractivity contribution in [2.45, 2.75) is 32.1 Å². The minimum Gasteiger partial charge on any atom is -0.454 e. The van der Waals surface area contributed by atoms with Crippen molar-refractivity contribution in [3.05, 3.63) is 24.3 Å². The monoisotopic (exact) mass is 412 g/mol. The van der Waals surface area contributed by atoms with Crippen LogP contribution in [0.1, 0.15) is 27.2 Å². The number of hydrogen-bond donors (Lipinski definition) is 1. The molecule has 1 aromatic rings. The quantitative estimate of drug-likeness (QED) is 0.654. The molecule has 0 aromatic heterocycles. The van der Waals surface area contributed by atoms with Gasteiger partial charge >= 0.3 is 5.97 Å². The number of esters is 1. The zero-order chi connectivity index (χ0) is 20.7. The van der Waals surface area contributed by atoms with Crippen LogP contribution in [0.2, 0.25) is 0 Å². The molecule has 156 valence electrons. The van der Waals surface area contributed by atoms with Crippen LogP contribution in [0.25, 0.3) is 0 Å². The summed E-state index contributed by atoms with van der Waals surface area (Å²) in [4.78, 5) is 23.3. The molecule has 1 aromatic carbocycles. The number of amides is 1. The van der Waals surface area contributed by atoms with E-state index in [1.807, 2.05) is 0 Å². The predicted octanol–water partition coefficient (Wildman–Crippen LogP) is 1.87. The Balaban J connectivity index is 1.93. The van der Waals surface area contributed by atoms with E-state index >= 15 is 0 Å². The topological polar surface area (TPSA) is 102 Å². The van der Waals surface area contributed by atoms with Gasteiger partial charge in [-0.1, -0.05) is 13.8 Å². The summed E-state index contributed by atoms with van der Waals surface area (Å²) >= 11 is 0. The first-order chi connectivity index (χ1) is 13.2. The molecule has 1 aliphatic heterocycles. The summed E-state index contributed by atoms with van der Waals surface area (Å²) < 4.78 is 36.9. The number of ether oxygens (including phenoxy) is 2. The summed E-state index contributed by atoms with van der Waals surface area (Å²) in [5, 5.41) is 2.56. The first kappa shape index (κ1) is 22.3. The van der Waals surface area contributed by atoms with E-state index in [-0.39, 0.29) is 11.5 Å². The molecule has 0 aliphatic carbocycles. The minimum absolute atomic E-state index is 0.190.